The first kappa shape index (κ1) is 15.2. The van der Waals surface area contributed by atoms with Crippen molar-refractivity contribution in [3.05, 3.63) is 35.8 Å². The fraction of sp³-hybridized carbons (Fsp3) is 0.500. The molecule has 0 aliphatic rings. The maximum Gasteiger partial charge on any atom is 0.291 e. The summed E-state index contributed by atoms with van der Waals surface area (Å²) in [5, 5.41) is 9.55. The molecular formula is C14H21N5O2. The standard InChI is InChI=1S/C14H21N5O2/c1-9(2)12-16-13(18-17-12)14(20)15-8-10(19(3)4)11-6-5-7-21-11/h5-7,9-10H,8H2,1-4H3,(H,15,20)(H,16,17,18). The van der Waals surface area contributed by atoms with Crippen LogP contribution in [0.25, 0.3) is 0 Å². The van der Waals surface area contributed by atoms with Crippen molar-refractivity contribution in [2.45, 2.75) is 25.8 Å². The highest BCUT2D eigenvalue weighted by Crippen LogP contribution is 2.17. The molecule has 0 fully saturated rings. The zero-order valence-corrected chi connectivity index (χ0v) is 12.8. The van der Waals surface area contributed by atoms with Gasteiger partial charge in [-0.1, -0.05) is 13.8 Å². The average Bonchev–Trinajstić information content (AvgIpc) is 3.09. The highest BCUT2D eigenvalue weighted by atomic mass is 16.3. The third kappa shape index (κ3) is 3.69. The zero-order chi connectivity index (χ0) is 15.4. The molecule has 0 aliphatic carbocycles. The predicted molar refractivity (Wildman–Crippen MR) is 77.9 cm³/mol. The molecule has 0 aliphatic heterocycles. The number of aromatic amines is 1. The van der Waals surface area contributed by atoms with Gasteiger partial charge in [0.25, 0.3) is 5.91 Å². The molecule has 2 heterocycles. The van der Waals surface area contributed by atoms with Crippen LogP contribution in [0.4, 0.5) is 0 Å². The van der Waals surface area contributed by atoms with E-state index in [4.69, 9.17) is 4.42 Å². The summed E-state index contributed by atoms with van der Waals surface area (Å²) in [5.74, 6) is 1.58. The fourth-order valence-electron chi connectivity index (χ4n) is 1.92. The number of H-pyrrole nitrogens is 1. The van der Waals surface area contributed by atoms with Crippen molar-refractivity contribution in [3.63, 3.8) is 0 Å². The minimum Gasteiger partial charge on any atom is -0.468 e. The number of hydrogen-bond acceptors (Lipinski definition) is 5. The molecule has 1 atom stereocenters. The van der Waals surface area contributed by atoms with Gasteiger partial charge in [-0.25, -0.2) is 4.98 Å². The Morgan fingerprint density at radius 3 is 2.76 bits per heavy atom. The number of carbonyl (C=O) groups excluding carboxylic acids is 1. The van der Waals surface area contributed by atoms with Gasteiger partial charge in [-0.2, -0.15) is 0 Å². The number of nitrogens with one attached hydrogen (secondary N) is 2. The molecule has 0 aromatic carbocycles. The number of amides is 1. The van der Waals surface area contributed by atoms with E-state index >= 15 is 0 Å². The summed E-state index contributed by atoms with van der Waals surface area (Å²) >= 11 is 0. The number of nitrogens with zero attached hydrogens (tertiary/aromatic N) is 3. The Labute approximate surface area is 123 Å². The van der Waals surface area contributed by atoms with E-state index in [1.54, 1.807) is 6.26 Å². The Bertz CT molecular complexity index is 574. The molecule has 1 amide bonds. The van der Waals surface area contributed by atoms with Crippen molar-refractivity contribution in [3.8, 4) is 0 Å². The fourth-order valence-corrected chi connectivity index (χ4v) is 1.92. The summed E-state index contributed by atoms with van der Waals surface area (Å²) in [5.41, 5.74) is 0. The second-order valence-corrected chi connectivity index (χ2v) is 5.40. The van der Waals surface area contributed by atoms with Crippen LogP contribution < -0.4 is 5.32 Å². The number of likely N-dealkylation sites (N-methyl/N-ethyl adjacent to an activating group) is 1. The number of hydrogen-bond donors (Lipinski definition) is 2. The maximum absolute atomic E-state index is 12.1. The normalized spacial score (nSPS) is 12.9. The molecule has 1 unspecified atom stereocenters. The summed E-state index contributed by atoms with van der Waals surface area (Å²) in [4.78, 5) is 18.2. The molecular weight excluding hydrogens is 270 g/mol. The molecule has 0 bridgehead atoms. The largest absolute Gasteiger partial charge is 0.468 e. The van der Waals surface area contributed by atoms with Crippen molar-refractivity contribution in [2.75, 3.05) is 20.6 Å². The van der Waals surface area contributed by atoms with E-state index in [1.807, 2.05) is 45.0 Å². The highest BCUT2D eigenvalue weighted by molar-refractivity contribution is 5.90. The minimum atomic E-state index is -0.295. The molecule has 7 heteroatoms. The first-order chi connectivity index (χ1) is 9.99. The predicted octanol–water partition coefficient (Wildman–Crippen LogP) is 1.55. The van der Waals surface area contributed by atoms with Crippen LogP contribution in [0.5, 0.6) is 0 Å². The Morgan fingerprint density at radius 2 is 2.24 bits per heavy atom. The van der Waals surface area contributed by atoms with Gasteiger partial charge in [-0.05, 0) is 26.2 Å². The number of aromatic nitrogens is 3. The smallest absolute Gasteiger partial charge is 0.291 e. The van der Waals surface area contributed by atoms with Gasteiger partial charge >= 0.3 is 0 Å². The van der Waals surface area contributed by atoms with E-state index in [1.165, 1.54) is 0 Å². The molecule has 0 spiro atoms. The molecule has 114 valence electrons. The van der Waals surface area contributed by atoms with Crippen molar-refractivity contribution >= 4 is 5.91 Å². The second-order valence-electron chi connectivity index (χ2n) is 5.40. The van der Waals surface area contributed by atoms with E-state index in [9.17, 15) is 4.79 Å². The van der Waals surface area contributed by atoms with Crippen LogP contribution >= 0.6 is 0 Å². The first-order valence-corrected chi connectivity index (χ1v) is 6.89. The van der Waals surface area contributed by atoms with Crippen LogP contribution in [-0.2, 0) is 0 Å². The van der Waals surface area contributed by atoms with E-state index in [-0.39, 0.29) is 23.7 Å². The lowest BCUT2D eigenvalue weighted by molar-refractivity contribution is 0.0929. The Kier molecular flexibility index (Phi) is 4.74. The first-order valence-electron chi connectivity index (χ1n) is 6.89. The van der Waals surface area contributed by atoms with Gasteiger partial charge in [-0.15, -0.1) is 5.10 Å². The van der Waals surface area contributed by atoms with Crippen molar-refractivity contribution < 1.29 is 9.21 Å². The summed E-state index contributed by atoms with van der Waals surface area (Å²) in [6.45, 7) is 4.40. The van der Waals surface area contributed by atoms with Gasteiger partial charge in [0.1, 0.15) is 11.6 Å². The lowest BCUT2D eigenvalue weighted by Gasteiger charge is -2.22. The third-order valence-corrected chi connectivity index (χ3v) is 3.20. The van der Waals surface area contributed by atoms with Crippen LogP contribution in [0.2, 0.25) is 0 Å². The van der Waals surface area contributed by atoms with Gasteiger partial charge in [0.15, 0.2) is 0 Å². The average molecular weight is 291 g/mol. The molecule has 0 radical (unpaired) electrons. The third-order valence-electron chi connectivity index (χ3n) is 3.20. The van der Waals surface area contributed by atoms with Gasteiger partial charge in [0.2, 0.25) is 5.82 Å². The Hall–Kier alpha value is -2.15. The van der Waals surface area contributed by atoms with E-state index in [0.717, 1.165) is 5.76 Å². The van der Waals surface area contributed by atoms with Gasteiger partial charge < -0.3 is 9.73 Å². The van der Waals surface area contributed by atoms with Crippen LogP contribution in [0.1, 0.15) is 48.0 Å². The SMILES string of the molecule is CC(C)c1nc(C(=O)NCC(c2ccco2)N(C)C)n[nH]1. The summed E-state index contributed by atoms with van der Waals surface area (Å²) in [7, 11) is 3.87. The number of furan rings is 1. The van der Waals surface area contributed by atoms with Crippen molar-refractivity contribution in [1.82, 2.24) is 25.4 Å². The summed E-state index contributed by atoms with van der Waals surface area (Å²) in [6.07, 6.45) is 1.62. The lowest BCUT2D eigenvalue weighted by atomic mass is 10.2. The molecule has 7 nitrogen and oxygen atoms in total. The monoisotopic (exact) mass is 291 g/mol. The van der Waals surface area contributed by atoms with Gasteiger partial charge in [0, 0.05) is 12.5 Å². The summed E-state index contributed by atoms with van der Waals surface area (Å²) in [6, 6.07) is 3.69. The summed E-state index contributed by atoms with van der Waals surface area (Å²) < 4.78 is 5.40. The topological polar surface area (TPSA) is 87.1 Å². The van der Waals surface area contributed by atoms with Crippen LogP contribution in [0.15, 0.2) is 22.8 Å². The maximum atomic E-state index is 12.1. The highest BCUT2D eigenvalue weighted by Gasteiger charge is 2.20. The van der Waals surface area contributed by atoms with E-state index < -0.39 is 0 Å². The van der Waals surface area contributed by atoms with E-state index in [0.29, 0.717) is 12.4 Å². The number of rotatable bonds is 6. The van der Waals surface area contributed by atoms with Crippen molar-refractivity contribution in [2.24, 2.45) is 0 Å². The quantitative estimate of drug-likeness (QED) is 0.843. The lowest BCUT2D eigenvalue weighted by Crippen LogP contribution is -2.34. The molecule has 2 aromatic heterocycles. The van der Waals surface area contributed by atoms with Crippen molar-refractivity contribution in [1.29, 1.82) is 0 Å². The molecule has 0 saturated carbocycles. The molecule has 2 rings (SSSR count). The minimum absolute atomic E-state index is 0.0348. The second kappa shape index (κ2) is 6.53. The van der Waals surface area contributed by atoms with Crippen LogP contribution in [-0.4, -0.2) is 46.6 Å². The van der Waals surface area contributed by atoms with Gasteiger partial charge in [0.05, 0.1) is 12.3 Å². The Morgan fingerprint density at radius 1 is 1.48 bits per heavy atom. The van der Waals surface area contributed by atoms with Gasteiger partial charge in [-0.3, -0.25) is 14.8 Å². The molecule has 0 saturated heterocycles. The Balaban J connectivity index is 1.98. The molecule has 2 N–H and O–H groups in total. The molecule has 21 heavy (non-hydrogen) atoms. The number of carbonyl (C=O) groups is 1. The zero-order valence-electron chi connectivity index (χ0n) is 12.8. The van der Waals surface area contributed by atoms with Crippen LogP contribution in [0.3, 0.4) is 0 Å². The van der Waals surface area contributed by atoms with E-state index in [2.05, 4.69) is 20.5 Å². The van der Waals surface area contributed by atoms with Crippen LogP contribution in [0, 0.1) is 0 Å². The molecule has 2 aromatic rings.